The Kier molecular flexibility index (Phi) is 30.6. The van der Waals surface area contributed by atoms with Crippen LogP contribution in [-0.2, 0) is 14.3 Å². The first-order valence-electron chi connectivity index (χ1n) is 17.5. The lowest BCUT2D eigenvalue weighted by atomic mass is 10.0. The molecule has 1 atom stereocenters. The minimum absolute atomic E-state index is 0.0135. The number of carbonyl (C=O) groups is 2. The summed E-state index contributed by atoms with van der Waals surface area (Å²) >= 11 is 0. The van der Waals surface area contributed by atoms with Gasteiger partial charge in [0.05, 0.1) is 0 Å². The van der Waals surface area contributed by atoms with Crippen molar-refractivity contribution < 1.29 is 19.4 Å². The van der Waals surface area contributed by atoms with E-state index in [2.05, 4.69) is 13.8 Å². The summed E-state index contributed by atoms with van der Waals surface area (Å²) in [6.45, 7) is 4.51. The molecule has 0 saturated heterocycles. The fourth-order valence-corrected chi connectivity index (χ4v) is 5.48. The minimum atomic E-state index is -0.710. The van der Waals surface area contributed by atoms with Crippen LogP contribution in [0.3, 0.4) is 0 Å². The van der Waals surface area contributed by atoms with Crippen molar-refractivity contribution in [1.82, 2.24) is 0 Å². The summed E-state index contributed by atoms with van der Waals surface area (Å²) in [6.07, 6.45) is 35.6. The zero-order chi connectivity index (χ0) is 28.7. The van der Waals surface area contributed by atoms with Crippen LogP contribution >= 0.6 is 0 Å². The van der Waals surface area contributed by atoms with Gasteiger partial charge in [0.15, 0.2) is 0 Å². The highest BCUT2D eigenvalue weighted by atomic mass is 16.5. The molecule has 1 N–H and O–H groups in total. The van der Waals surface area contributed by atoms with Gasteiger partial charge in [0.25, 0.3) is 0 Å². The third-order valence-electron chi connectivity index (χ3n) is 8.08. The van der Waals surface area contributed by atoms with Gasteiger partial charge in [-0.15, -0.1) is 0 Å². The van der Waals surface area contributed by atoms with Gasteiger partial charge in [-0.2, -0.15) is 0 Å². The normalized spacial score (nSPS) is 12.1. The summed E-state index contributed by atoms with van der Waals surface area (Å²) < 4.78 is 5.90. The third-order valence-corrected chi connectivity index (χ3v) is 8.08. The molecule has 0 heterocycles. The highest BCUT2D eigenvalue weighted by Gasteiger charge is 2.14. The number of carboxylic acid groups (broad SMARTS) is 1. The second-order valence-corrected chi connectivity index (χ2v) is 12.1. The van der Waals surface area contributed by atoms with Crippen LogP contribution in [0.25, 0.3) is 0 Å². The average Bonchev–Trinajstić information content (AvgIpc) is 2.91. The van der Waals surface area contributed by atoms with Crippen molar-refractivity contribution in [3.8, 4) is 0 Å². The van der Waals surface area contributed by atoms with Crippen molar-refractivity contribution >= 4 is 11.9 Å². The van der Waals surface area contributed by atoms with Gasteiger partial charge >= 0.3 is 11.9 Å². The zero-order valence-electron chi connectivity index (χ0n) is 26.5. The molecule has 0 aliphatic rings. The summed E-state index contributed by atoms with van der Waals surface area (Å²) in [5, 5.41) is 8.77. The minimum Gasteiger partial charge on any atom is -0.481 e. The van der Waals surface area contributed by atoms with Crippen LogP contribution in [0.15, 0.2) is 0 Å². The number of unbranched alkanes of at least 4 members (excludes halogenated alkanes) is 23. The van der Waals surface area contributed by atoms with Crippen molar-refractivity contribution in [2.75, 3.05) is 0 Å². The maximum Gasteiger partial charge on any atom is 0.306 e. The van der Waals surface area contributed by atoms with Gasteiger partial charge in [0, 0.05) is 12.8 Å². The molecule has 0 amide bonds. The molecule has 0 aromatic carbocycles. The first kappa shape index (κ1) is 37.9. The van der Waals surface area contributed by atoms with Crippen LogP contribution in [0.4, 0.5) is 0 Å². The van der Waals surface area contributed by atoms with Crippen LogP contribution in [0.2, 0.25) is 0 Å². The fourth-order valence-electron chi connectivity index (χ4n) is 5.48. The molecule has 0 spiro atoms. The highest BCUT2D eigenvalue weighted by Crippen LogP contribution is 2.18. The van der Waals surface area contributed by atoms with Gasteiger partial charge in [-0.25, -0.2) is 0 Å². The number of hydrogen-bond acceptors (Lipinski definition) is 3. The fraction of sp³-hybridized carbons (Fsp3) is 0.943. The van der Waals surface area contributed by atoms with E-state index < -0.39 is 5.97 Å². The number of carbonyl (C=O) groups excluding carboxylic acids is 1. The van der Waals surface area contributed by atoms with Crippen molar-refractivity contribution in [3.05, 3.63) is 0 Å². The van der Waals surface area contributed by atoms with Crippen LogP contribution in [-0.4, -0.2) is 23.1 Å². The number of hydrogen-bond donors (Lipinski definition) is 1. The summed E-state index contributed by atoms with van der Waals surface area (Å²) in [4.78, 5) is 23.1. The van der Waals surface area contributed by atoms with Gasteiger partial charge in [0.1, 0.15) is 6.10 Å². The number of ether oxygens (including phenoxy) is 1. The van der Waals surface area contributed by atoms with Crippen molar-refractivity contribution in [3.63, 3.8) is 0 Å². The van der Waals surface area contributed by atoms with Gasteiger partial charge < -0.3 is 9.84 Å². The third kappa shape index (κ3) is 31.3. The first-order chi connectivity index (χ1) is 19.1. The second-order valence-electron chi connectivity index (χ2n) is 12.1. The van der Waals surface area contributed by atoms with E-state index in [0.29, 0.717) is 6.42 Å². The SMILES string of the molecule is CCCCCCCCCCCCCCCCCCCC(=O)OC(CCCCCCC)CCCCCCC(=O)O. The Bertz CT molecular complexity index is 519. The quantitative estimate of drug-likeness (QED) is 0.0665. The predicted molar refractivity (Wildman–Crippen MR) is 167 cm³/mol. The molecule has 1 unspecified atom stereocenters. The standard InChI is InChI=1S/C35H68O4/c1-3-5-7-9-10-11-12-13-14-15-16-17-18-19-20-22-28-32-35(38)39-33(29-25-21-8-6-4-2)30-26-23-24-27-31-34(36)37/h33H,3-32H2,1-2H3,(H,36,37). The maximum atomic E-state index is 12.5. The molecule has 232 valence electrons. The molecule has 0 saturated carbocycles. The Hall–Kier alpha value is -1.06. The van der Waals surface area contributed by atoms with E-state index in [0.717, 1.165) is 57.8 Å². The molecule has 0 rings (SSSR count). The van der Waals surface area contributed by atoms with Gasteiger partial charge in [0.2, 0.25) is 0 Å². The van der Waals surface area contributed by atoms with Crippen LogP contribution in [0.5, 0.6) is 0 Å². The van der Waals surface area contributed by atoms with E-state index in [1.807, 2.05) is 0 Å². The van der Waals surface area contributed by atoms with Crippen LogP contribution in [0, 0.1) is 0 Å². The summed E-state index contributed by atoms with van der Waals surface area (Å²) in [6, 6.07) is 0. The Morgan fingerprint density at radius 2 is 0.769 bits per heavy atom. The lowest BCUT2D eigenvalue weighted by Crippen LogP contribution is -2.18. The van der Waals surface area contributed by atoms with Gasteiger partial charge in [-0.3, -0.25) is 9.59 Å². The predicted octanol–water partition coefficient (Wildman–Crippen LogP) is 11.7. The molecule has 0 radical (unpaired) electrons. The van der Waals surface area contributed by atoms with Gasteiger partial charge in [-0.05, 0) is 38.5 Å². The monoisotopic (exact) mass is 553 g/mol. The zero-order valence-corrected chi connectivity index (χ0v) is 26.5. The van der Waals surface area contributed by atoms with Crippen LogP contribution < -0.4 is 0 Å². The van der Waals surface area contributed by atoms with Crippen molar-refractivity contribution in [2.24, 2.45) is 0 Å². The van der Waals surface area contributed by atoms with Gasteiger partial charge in [-0.1, -0.05) is 155 Å². The number of esters is 1. The average molecular weight is 553 g/mol. The maximum absolute atomic E-state index is 12.5. The highest BCUT2D eigenvalue weighted by molar-refractivity contribution is 5.69. The summed E-state index contributed by atoms with van der Waals surface area (Å²) in [5.74, 6) is -0.723. The Morgan fingerprint density at radius 1 is 0.462 bits per heavy atom. The molecule has 39 heavy (non-hydrogen) atoms. The topological polar surface area (TPSA) is 63.6 Å². The summed E-state index contributed by atoms with van der Waals surface area (Å²) in [5.41, 5.74) is 0. The molecule has 4 heteroatoms. The molecule has 0 aliphatic heterocycles. The smallest absolute Gasteiger partial charge is 0.306 e. The Balaban J connectivity index is 3.73. The molecule has 0 aliphatic carbocycles. The molecular weight excluding hydrogens is 484 g/mol. The van der Waals surface area contributed by atoms with Crippen molar-refractivity contribution in [1.29, 1.82) is 0 Å². The van der Waals surface area contributed by atoms with E-state index in [-0.39, 0.29) is 18.5 Å². The van der Waals surface area contributed by atoms with Crippen molar-refractivity contribution in [2.45, 2.75) is 213 Å². The molecular formula is C35H68O4. The first-order valence-corrected chi connectivity index (χ1v) is 17.5. The van der Waals surface area contributed by atoms with E-state index in [4.69, 9.17) is 9.84 Å². The largest absolute Gasteiger partial charge is 0.481 e. The molecule has 0 aromatic heterocycles. The van der Waals surface area contributed by atoms with E-state index in [9.17, 15) is 9.59 Å². The van der Waals surface area contributed by atoms with E-state index >= 15 is 0 Å². The Morgan fingerprint density at radius 3 is 1.13 bits per heavy atom. The summed E-state index contributed by atoms with van der Waals surface area (Å²) in [7, 11) is 0. The van der Waals surface area contributed by atoms with Crippen LogP contribution in [0.1, 0.15) is 206 Å². The molecule has 0 fully saturated rings. The number of rotatable bonds is 32. The molecule has 0 bridgehead atoms. The number of aliphatic carboxylic acids is 1. The van der Waals surface area contributed by atoms with E-state index in [1.54, 1.807) is 0 Å². The lowest BCUT2D eigenvalue weighted by molar-refractivity contribution is -0.150. The van der Waals surface area contributed by atoms with E-state index in [1.165, 1.54) is 122 Å². The Labute approximate surface area is 243 Å². The second kappa shape index (κ2) is 31.5. The molecule has 4 nitrogen and oxygen atoms in total. The molecule has 0 aromatic rings. The number of carboxylic acids is 1. The lowest BCUT2D eigenvalue weighted by Gasteiger charge is -2.18.